The molecule has 0 spiro atoms. The predicted molar refractivity (Wildman–Crippen MR) is 89.6 cm³/mol. The number of hydrazine groups is 1. The van der Waals surface area contributed by atoms with E-state index in [0.717, 1.165) is 22.1 Å². The van der Waals surface area contributed by atoms with Gasteiger partial charge in [-0.25, -0.2) is 10.4 Å². The molecule has 0 unspecified atom stereocenters. The predicted octanol–water partition coefficient (Wildman–Crippen LogP) is 1.90. The number of nitrogens with one attached hydrogen (secondary N) is 2. The minimum atomic E-state index is -0.409. The van der Waals surface area contributed by atoms with Gasteiger partial charge in [0.2, 0.25) is 10.9 Å². The van der Waals surface area contributed by atoms with Crippen molar-refractivity contribution in [3.63, 3.8) is 0 Å². The maximum atomic E-state index is 10.8. The van der Waals surface area contributed by atoms with Gasteiger partial charge in [0.05, 0.1) is 0 Å². The molecule has 0 bridgehead atoms. The molecular formula is C15H12N5O2S-. The molecule has 7 nitrogen and oxygen atoms in total. The summed E-state index contributed by atoms with van der Waals surface area (Å²) >= 11 is 1.61. The first-order valence-electron chi connectivity index (χ1n) is 6.96. The van der Waals surface area contributed by atoms with Crippen LogP contribution in [0.2, 0.25) is 0 Å². The van der Waals surface area contributed by atoms with Crippen molar-refractivity contribution >= 4 is 22.6 Å². The number of benzene rings is 1. The summed E-state index contributed by atoms with van der Waals surface area (Å²) in [7, 11) is 0. The lowest BCUT2D eigenvalue weighted by molar-refractivity contribution is -0.377. The van der Waals surface area contributed by atoms with Crippen LogP contribution in [0.25, 0.3) is 0 Å². The minimum absolute atomic E-state index is 0.0689. The first kappa shape index (κ1) is 13.9. The lowest BCUT2D eigenvalue weighted by Crippen LogP contribution is -2.34. The molecule has 8 heteroatoms. The van der Waals surface area contributed by atoms with Gasteiger partial charge in [-0.05, 0) is 17.7 Å². The van der Waals surface area contributed by atoms with Gasteiger partial charge in [-0.15, -0.1) is 5.10 Å². The van der Waals surface area contributed by atoms with Crippen LogP contribution in [0.15, 0.2) is 71.1 Å². The van der Waals surface area contributed by atoms with E-state index < -0.39 is 4.90 Å². The molecule has 116 valence electrons. The lowest BCUT2D eigenvalue weighted by atomic mass is 10.1. The summed E-state index contributed by atoms with van der Waals surface area (Å²) in [6.07, 6.45) is 6.39. The van der Waals surface area contributed by atoms with Crippen LogP contribution in [0.3, 0.4) is 0 Å². The molecule has 3 aliphatic rings. The Morgan fingerprint density at radius 3 is 2.52 bits per heavy atom. The second-order valence-electron chi connectivity index (χ2n) is 5.03. The van der Waals surface area contributed by atoms with Crippen LogP contribution in [0.5, 0.6) is 0 Å². The highest BCUT2D eigenvalue weighted by Gasteiger charge is 2.36. The van der Waals surface area contributed by atoms with Crippen LogP contribution in [-0.2, 0) is 0 Å². The van der Waals surface area contributed by atoms with Gasteiger partial charge in [-0.2, -0.15) is 4.90 Å². The van der Waals surface area contributed by atoms with Crippen LogP contribution >= 0.6 is 11.8 Å². The van der Waals surface area contributed by atoms with Gasteiger partial charge < -0.3 is 10.4 Å². The Balaban J connectivity index is 1.59. The molecule has 2 heterocycles. The van der Waals surface area contributed by atoms with Crippen LogP contribution in [0.4, 0.5) is 0 Å². The van der Waals surface area contributed by atoms with Crippen molar-refractivity contribution in [1.29, 1.82) is 0 Å². The number of amidine groups is 1. The molecule has 1 aromatic carbocycles. The van der Waals surface area contributed by atoms with E-state index in [9.17, 15) is 10.4 Å². The maximum absolute atomic E-state index is 10.8. The number of fused-ring (bicyclic) bond motifs is 1. The third-order valence-corrected chi connectivity index (χ3v) is 4.69. The lowest BCUT2D eigenvalue weighted by Gasteiger charge is -2.18. The van der Waals surface area contributed by atoms with Gasteiger partial charge in [0, 0.05) is 17.7 Å². The molecule has 1 saturated heterocycles. The zero-order chi connectivity index (χ0) is 15.8. The Kier molecular flexibility index (Phi) is 3.32. The van der Waals surface area contributed by atoms with Crippen molar-refractivity contribution < 1.29 is 4.90 Å². The summed E-state index contributed by atoms with van der Waals surface area (Å²) in [5, 5.41) is 28.6. The highest BCUT2D eigenvalue weighted by atomic mass is 32.2. The van der Waals surface area contributed by atoms with Gasteiger partial charge in [0.25, 0.3) is 0 Å². The third-order valence-electron chi connectivity index (χ3n) is 3.60. The largest absolute Gasteiger partial charge is 0.612 e. The fourth-order valence-electron chi connectivity index (χ4n) is 2.45. The Morgan fingerprint density at radius 1 is 1.09 bits per heavy atom. The Bertz CT molecular complexity index is 775. The Labute approximate surface area is 136 Å². The van der Waals surface area contributed by atoms with E-state index in [1.54, 1.807) is 23.9 Å². The number of hydrogen-bond acceptors (Lipinski definition) is 7. The number of hydrogen-bond donors (Lipinski definition) is 2. The van der Waals surface area contributed by atoms with E-state index in [0.29, 0.717) is 0 Å². The molecule has 2 N–H and O–H groups in total. The second kappa shape index (κ2) is 5.49. The molecule has 23 heavy (non-hydrogen) atoms. The average molecular weight is 326 g/mol. The number of allylic oxidation sites excluding steroid dienone is 5. The molecule has 0 radical (unpaired) electrons. The molecule has 0 aromatic heterocycles. The standard InChI is InChI=1S/C15H12N5O2S/c21-20(22)12-8-6-10(7-9-12)13-16-17-15-19(13)18-14(23-15)11-4-2-1-3-5-11/h1-9,14,16,18H/q-1/t14-/m1/s1. The number of hydrazone groups is 1. The maximum Gasteiger partial charge on any atom is 0.222 e. The smallest absolute Gasteiger partial charge is 0.222 e. The van der Waals surface area contributed by atoms with Gasteiger partial charge in [-0.3, -0.25) is 5.43 Å². The topological polar surface area (TPSA) is 88.8 Å². The first-order chi connectivity index (χ1) is 11.2. The summed E-state index contributed by atoms with van der Waals surface area (Å²) in [6.45, 7) is 0. The highest BCUT2D eigenvalue weighted by Crippen LogP contribution is 2.38. The van der Waals surface area contributed by atoms with E-state index in [1.165, 1.54) is 12.2 Å². The first-order valence-corrected chi connectivity index (χ1v) is 7.84. The van der Waals surface area contributed by atoms with Crippen molar-refractivity contribution in [2.24, 2.45) is 5.10 Å². The Morgan fingerprint density at radius 2 is 1.83 bits per heavy atom. The van der Waals surface area contributed by atoms with Gasteiger partial charge in [0.15, 0.2) is 5.82 Å². The van der Waals surface area contributed by atoms with E-state index >= 15 is 0 Å². The molecule has 4 rings (SSSR count). The summed E-state index contributed by atoms with van der Waals surface area (Å²) in [5.41, 5.74) is 8.42. The number of nitrogens with zero attached hydrogens (tertiary/aromatic N) is 3. The minimum Gasteiger partial charge on any atom is -0.612 e. The van der Waals surface area contributed by atoms with E-state index in [2.05, 4.69) is 28.1 Å². The molecule has 0 saturated carbocycles. The van der Waals surface area contributed by atoms with Gasteiger partial charge in [-0.1, -0.05) is 42.1 Å². The molecule has 1 fully saturated rings. The number of thioether (sulfide) groups is 1. The van der Waals surface area contributed by atoms with Gasteiger partial charge in [0.1, 0.15) is 5.37 Å². The average Bonchev–Trinajstić information content (AvgIpc) is 3.16. The highest BCUT2D eigenvalue weighted by molar-refractivity contribution is 8.14. The SMILES string of the molecule is [O-][N+]([O-])=C1C=CC(=C2NN=C3S[C@H](c4ccccc4)NN32)C=C1. The van der Waals surface area contributed by atoms with Crippen molar-refractivity contribution in [2.45, 2.75) is 5.37 Å². The summed E-state index contributed by atoms with van der Waals surface area (Å²) < 4.78 is 0. The third kappa shape index (κ3) is 2.47. The molecule has 1 aromatic rings. The van der Waals surface area contributed by atoms with Crippen LogP contribution in [0.1, 0.15) is 10.9 Å². The molecule has 2 aliphatic heterocycles. The van der Waals surface area contributed by atoms with Crippen molar-refractivity contribution in [3.8, 4) is 0 Å². The van der Waals surface area contributed by atoms with Crippen LogP contribution < -0.4 is 10.9 Å². The van der Waals surface area contributed by atoms with Crippen LogP contribution in [-0.4, -0.2) is 20.8 Å². The Hall–Kier alpha value is -2.71. The summed E-state index contributed by atoms with van der Waals surface area (Å²) in [4.78, 5) is -0.409. The molecular weight excluding hydrogens is 314 g/mol. The fraction of sp³-hybridized carbons (Fsp3) is 0.0667. The van der Waals surface area contributed by atoms with Crippen molar-refractivity contribution in [2.75, 3.05) is 0 Å². The van der Waals surface area contributed by atoms with Crippen molar-refractivity contribution in [1.82, 2.24) is 15.9 Å². The van der Waals surface area contributed by atoms with Crippen LogP contribution in [0, 0.1) is 10.4 Å². The molecule has 0 amide bonds. The fourth-order valence-corrected chi connectivity index (χ4v) is 3.46. The monoisotopic (exact) mass is 326 g/mol. The summed E-state index contributed by atoms with van der Waals surface area (Å²) in [5.74, 6) is 0.765. The zero-order valence-corrected chi connectivity index (χ0v) is 12.7. The number of rotatable bonds is 1. The van der Waals surface area contributed by atoms with E-state index in [4.69, 9.17) is 0 Å². The normalized spacial score (nSPS) is 22.3. The molecule has 1 aliphatic carbocycles. The van der Waals surface area contributed by atoms with E-state index in [-0.39, 0.29) is 11.1 Å². The quantitative estimate of drug-likeness (QED) is 0.605. The van der Waals surface area contributed by atoms with Crippen molar-refractivity contribution in [3.05, 3.63) is 82.0 Å². The van der Waals surface area contributed by atoms with Gasteiger partial charge >= 0.3 is 0 Å². The summed E-state index contributed by atoms with van der Waals surface area (Å²) in [6, 6.07) is 10.1. The van der Waals surface area contributed by atoms with E-state index in [1.807, 2.05) is 23.2 Å². The second-order valence-corrected chi connectivity index (χ2v) is 6.10. The molecule has 1 atom stereocenters. The zero-order valence-electron chi connectivity index (χ0n) is 11.8.